The summed E-state index contributed by atoms with van der Waals surface area (Å²) in [4.78, 5) is 14.8. The molecule has 1 aliphatic rings. The summed E-state index contributed by atoms with van der Waals surface area (Å²) < 4.78 is 5.34. The Kier molecular flexibility index (Phi) is 4.58. The molecule has 1 atom stereocenters. The van der Waals surface area contributed by atoms with Gasteiger partial charge in [-0.2, -0.15) is 0 Å². The molecule has 120 valence electrons. The fraction of sp³-hybridized carbons (Fsp3) is 0.316. The maximum atomic E-state index is 12.8. The molecule has 3 rings (SSSR count). The molecule has 4 heteroatoms. The molecule has 0 N–H and O–H groups in total. The third-order valence-electron chi connectivity index (χ3n) is 4.54. The van der Waals surface area contributed by atoms with E-state index < -0.39 is 0 Å². The van der Waals surface area contributed by atoms with Crippen LogP contribution >= 0.6 is 11.6 Å². The lowest BCUT2D eigenvalue weighted by Crippen LogP contribution is -2.39. The van der Waals surface area contributed by atoms with Crippen molar-refractivity contribution in [3.8, 4) is 5.75 Å². The minimum Gasteiger partial charge on any atom is -0.496 e. The second kappa shape index (κ2) is 6.63. The topological polar surface area (TPSA) is 29.5 Å². The molecule has 2 aromatic carbocycles. The molecule has 0 fully saturated rings. The van der Waals surface area contributed by atoms with Crippen molar-refractivity contribution >= 4 is 17.5 Å². The van der Waals surface area contributed by atoms with E-state index in [-0.39, 0.29) is 18.4 Å². The summed E-state index contributed by atoms with van der Waals surface area (Å²) in [5.41, 5.74) is 3.32. The number of ether oxygens (including phenoxy) is 1. The van der Waals surface area contributed by atoms with E-state index in [0.717, 1.165) is 18.5 Å². The zero-order valence-corrected chi connectivity index (χ0v) is 14.1. The number of halogens is 1. The summed E-state index contributed by atoms with van der Waals surface area (Å²) in [6.45, 7) is 2.82. The molecule has 0 saturated heterocycles. The summed E-state index contributed by atoms with van der Waals surface area (Å²) in [6.07, 6.45) is 1.15. The number of rotatable bonds is 3. The molecule has 0 bridgehead atoms. The van der Waals surface area contributed by atoms with E-state index in [9.17, 15) is 4.79 Å². The van der Waals surface area contributed by atoms with Crippen LogP contribution in [-0.2, 0) is 17.6 Å². The molecular formula is C19H20ClNO2. The van der Waals surface area contributed by atoms with Crippen molar-refractivity contribution in [1.29, 1.82) is 0 Å². The van der Waals surface area contributed by atoms with Gasteiger partial charge in [-0.1, -0.05) is 41.9 Å². The summed E-state index contributed by atoms with van der Waals surface area (Å²) in [5.74, 6) is 0.745. The molecule has 23 heavy (non-hydrogen) atoms. The van der Waals surface area contributed by atoms with E-state index in [1.54, 1.807) is 13.2 Å². The quantitative estimate of drug-likeness (QED) is 0.850. The van der Waals surface area contributed by atoms with Crippen molar-refractivity contribution in [3.63, 3.8) is 0 Å². The van der Waals surface area contributed by atoms with Gasteiger partial charge in [0.2, 0.25) is 5.91 Å². The molecule has 2 aromatic rings. The van der Waals surface area contributed by atoms with Crippen molar-refractivity contribution in [2.75, 3.05) is 13.7 Å². The Morgan fingerprint density at radius 1 is 1.26 bits per heavy atom. The van der Waals surface area contributed by atoms with Gasteiger partial charge in [-0.3, -0.25) is 4.79 Å². The van der Waals surface area contributed by atoms with Crippen LogP contribution < -0.4 is 4.74 Å². The molecule has 0 aromatic heterocycles. The Labute approximate surface area is 141 Å². The highest BCUT2D eigenvalue weighted by atomic mass is 35.5. The van der Waals surface area contributed by atoms with Gasteiger partial charge in [0.25, 0.3) is 0 Å². The first-order valence-corrected chi connectivity index (χ1v) is 8.18. The van der Waals surface area contributed by atoms with E-state index in [1.165, 1.54) is 11.1 Å². The highest BCUT2D eigenvalue weighted by Crippen LogP contribution is 2.32. The Hall–Kier alpha value is -2.00. The van der Waals surface area contributed by atoms with Crippen molar-refractivity contribution in [2.45, 2.75) is 25.8 Å². The first kappa shape index (κ1) is 15.9. The van der Waals surface area contributed by atoms with Crippen LogP contribution in [0.3, 0.4) is 0 Å². The lowest BCUT2D eigenvalue weighted by atomic mass is 9.93. The molecular weight excluding hydrogens is 310 g/mol. The molecule has 3 nitrogen and oxygen atoms in total. The van der Waals surface area contributed by atoms with Crippen LogP contribution in [0.5, 0.6) is 5.75 Å². The summed E-state index contributed by atoms with van der Waals surface area (Å²) in [5, 5.41) is 0.572. The van der Waals surface area contributed by atoms with Gasteiger partial charge >= 0.3 is 0 Å². The van der Waals surface area contributed by atoms with Crippen LogP contribution in [0.1, 0.15) is 29.7 Å². The smallest absolute Gasteiger partial charge is 0.227 e. The van der Waals surface area contributed by atoms with Gasteiger partial charge in [0, 0.05) is 17.1 Å². The predicted octanol–water partition coefficient (Wildman–Crippen LogP) is 4.04. The first-order chi connectivity index (χ1) is 11.1. The van der Waals surface area contributed by atoms with Crippen LogP contribution in [0.2, 0.25) is 5.02 Å². The summed E-state index contributed by atoms with van der Waals surface area (Å²) in [7, 11) is 1.60. The van der Waals surface area contributed by atoms with Crippen molar-refractivity contribution in [3.05, 3.63) is 64.2 Å². The third-order valence-corrected chi connectivity index (χ3v) is 4.89. The predicted molar refractivity (Wildman–Crippen MR) is 92.0 cm³/mol. The average Bonchev–Trinajstić information content (AvgIpc) is 2.57. The normalized spacial score (nSPS) is 16.8. The van der Waals surface area contributed by atoms with Gasteiger partial charge in [-0.05, 0) is 36.6 Å². The van der Waals surface area contributed by atoms with Gasteiger partial charge in [0.1, 0.15) is 5.75 Å². The average molecular weight is 330 g/mol. The van der Waals surface area contributed by atoms with Crippen LogP contribution in [0, 0.1) is 0 Å². The number of nitrogens with zero attached hydrogens (tertiary/aromatic N) is 1. The lowest BCUT2D eigenvalue weighted by molar-refractivity contribution is -0.133. The third kappa shape index (κ3) is 3.06. The van der Waals surface area contributed by atoms with Crippen molar-refractivity contribution in [1.82, 2.24) is 4.90 Å². The second-order valence-corrected chi connectivity index (χ2v) is 6.22. The summed E-state index contributed by atoms with van der Waals surface area (Å²) >= 11 is 6.26. The van der Waals surface area contributed by atoms with Crippen LogP contribution in [0.25, 0.3) is 0 Å². The van der Waals surface area contributed by atoms with Gasteiger partial charge in [0.05, 0.1) is 19.6 Å². The number of hydrogen-bond acceptors (Lipinski definition) is 2. The minimum absolute atomic E-state index is 0.0819. The fourth-order valence-corrected chi connectivity index (χ4v) is 3.50. The highest BCUT2D eigenvalue weighted by molar-refractivity contribution is 6.31. The number of benzene rings is 2. The minimum atomic E-state index is 0.0819. The van der Waals surface area contributed by atoms with E-state index in [1.807, 2.05) is 23.1 Å². The van der Waals surface area contributed by atoms with Crippen molar-refractivity contribution in [2.24, 2.45) is 0 Å². The number of fused-ring (bicyclic) bond motifs is 1. The molecule has 1 aliphatic heterocycles. The Morgan fingerprint density at radius 3 is 2.83 bits per heavy atom. The van der Waals surface area contributed by atoms with Crippen LogP contribution in [0.15, 0.2) is 42.5 Å². The maximum absolute atomic E-state index is 12.8. The molecule has 0 radical (unpaired) electrons. The molecule has 1 amide bonds. The Balaban J connectivity index is 1.83. The number of carbonyl (C=O) groups is 1. The summed E-state index contributed by atoms with van der Waals surface area (Å²) in [6, 6.07) is 13.9. The molecule has 0 unspecified atom stereocenters. The van der Waals surface area contributed by atoms with Gasteiger partial charge in [-0.15, -0.1) is 0 Å². The second-order valence-electron chi connectivity index (χ2n) is 5.81. The monoisotopic (exact) mass is 329 g/mol. The zero-order chi connectivity index (χ0) is 16.4. The Bertz CT molecular complexity index is 729. The SMILES string of the molecule is COc1cccc(Cl)c1CC(=O)N1CCc2ccccc2[C@@H]1C. The van der Waals surface area contributed by atoms with E-state index in [0.29, 0.717) is 10.8 Å². The molecule has 0 spiro atoms. The molecule has 1 heterocycles. The maximum Gasteiger partial charge on any atom is 0.227 e. The van der Waals surface area contributed by atoms with Crippen LogP contribution in [-0.4, -0.2) is 24.5 Å². The van der Waals surface area contributed by atoms with Crippen molar-refractivity contribution < 1.29 is 9.53 Å². The molecule has 0 aliphatic carbocycles. The van der Waals surface area contributed by atoms with E-state index in [2.05, 4.69) is 25.1 Å². The van der Waals surface area contributed by atoms with Crippen LogP contribution in [0.4, 0.5) is 0 Å². The first-order valence-electron chi connectivity index (χ1n) is 7.80. The highest BCUT2D eigenvalue weighted by Gasteiger charge is 2.28. The molecule has 0 saturated carbocycles. The number of amides is 1. The van der Waals surface area contributed by atoms with Gasteiger partial charge < -0.3 is 9.64 Å². The number of hydrogen-bond donors (Lipinski definition) is 0. The fourth-order valence-electron chi connectivity index (χ4n) is 3.27. The van der Waals surface area contributed by atoms with E-state index in [4.69, 9.17) is 16.3 Å². The number of methoxy groups -OCH3 is 1. The standard InChI is InChI=1S/C19H20ClNO2/c1-13-15-7-4-3-6-14(15)10-11-21(13)19(22)12-16-17(20)8-5-9-18(16)23-2/h3-9,13H,10-12H2,1-2H3/t13-/m0/s1. The van der Waals surface area contributed by atoms with E-state index >= 15 is 0 Å². The largest absolute Gasteiger partial charge is 0.496 e. The lowest BCUT2D eigenvalue weighted by Gasteiger charge is -2.35. The Morgan fingerprint density at radius 2 is 2.04 bits per heavy atom. The zero-order valence-electron chi connectivity index (χ0n) is 13.4. The van der Waals surface area contributed by atoms with Gasteiger partial charge in [-0.25, -0.2) is 0 Å². The van der Waals surface area contributed by atoms with Gasteiger partial charge in [0.15, 0.2) is 0 Å². The number of carbonyl (C=O) groups excluding carboxylic acids is 1.